The lowest BCUT2D eigenvalue weighted by Gasteiger charge is -2.44. The Hall–Kier alpha value is -1.23. The average Bonchev–Trinajstić information content (AvgIpc) is 2.45. The molecule has 1 aromatic carbocycles. The van der Waals surface area contributed by atoms with Crippen LogP contribution in [0.1, 0.15) is 32.8 Å². The fourth-order valence-corrected chi connectivity index (χ4v) is 2.94. The maximum absolute atomic E-state index is 13.3. The van der Waals surface area contributed by atoms with E-state index in [1.807, 2.05) is 4.90 Å². The summed E-state index contributed by atoms with van der Waals surface area (Å²) in [6.45, 7) is 7.51. The highest BCUT2D eigenvalue weighted by atomic mass is 19.4. The highest BCUT2D eigenvalue weighted by Crippen LogP contribution is 2.38. The van der Waals surface area contributed by atoms with Crippen molar-refractivity contribution in [1.29, 1.82) is 0 Å². The lowest BCUT2D eigenvalue weighted by molar-refractivity contribution is -0.137. The fourth-order valence-electron chi connectivity index (χ4n) is 2.94. The molecule has 1 aromatic rings. The first-order valence-electron chi connectivity index (χ1n) is 7.50. The molecular formula is C16H23F3N2. The lowest BCUT2D eigenvalue weighted by atomic mass is 9.96. The Balaban J connectivity index is 2.41. The van der Waals surface area contributed by atoms with Crippen LogP contribution in [0.4, 0.5) is 18.9 Å². The van der Waals surface area contributed by atoms with Gasteiger partial charge in [0.1, 0.15) is 0 Å². The van der Waals surface area contributed by atoms with Crippen molar-refractivity contribution in [2.75, 3.05) is 18.0 Å². The Labute approximate surface area is 124 Å². The largest absolute Gasteiger partial charge is 0.418 e. The van der Waals surface area contributed by atoms with Gasteiger partial charge in [-0.3, -0.25) is 0 Å². The number of rotatable bonds is 3. The molecule has 1 N–H and O–H groups in total. The minimum Gasteiger partial charge on any atom is -0.365 e. The molecule has 5 heteroatoms. The first kappa shape index (κ1) is 16.1. The van der Waals surface area contributed by atoms with Crippen molar-refractivity contribution in [1.82, 2.24) is 5.32 Å². The average molecular weight is 300 g/mol. The van der Waals surface area contributed by atoms with Crippen molar-refractivity contribution >= 4 is 5.69 Å². The number of para-hydroxylation sites is 1. The van der Waals surface area contributed by atoms with Gasteiger partial charge in [0, 0.05) is 30.9 Å². The van der Waals surface area contributed by atoms with Crippen molar-refractivity contribution in [3.8, 4) is 0 Å². The number of hydrogen-bond donors (Lipinski definition) is 1. The van der Waals surface area contributed by atoms with Crippen molar-refractivity contribution in [2.24, 2.45) is 5.92 Å². The van der Waals surface area contributed by atoms with E-state index in [2.05, 4.69) is 26.1 Å². The van der Waals surface area contributed by atoms with Crippen LogP contribution in [0.2, 0.25) is 0 Å². The molecule has 1 fully saturated rings. The van der Waals surface area contributed by atoms with Crippen LogP contribution in [0.5, 0.6) is 0 Å². The molecule has 118 valence electrons. The Morgan fingerprint density at radius 2 is 1.95 bits per heavy atom. The first-order chi connectivity index (χ1) is 9.84. The van der Waals surface area contributed by atoms with Crippen LogP contribution in [-0.2, 0) is 6.18 Å². The number of halogens is 3. The van der Waals surface area contributed by atoms with Gasteiger partial charge in [-0.1, -0.05) is 32.9 Å². The summed E-state index contributed by atoms with van der Waals surface area (Å²) in [5.74, 6) is 0.289. The number of hydrogen-bond acceptors (Lipinski definition) is 2. The third kappa shape index (κ3) is 3.51. The van der Waals surface area contributed by atoms with Gasteiger partial charge < -0.3 is 10.2 Å². The Bertz CT molecular complexity index is 471. The van der Waals surface area contributed by atoms with Gasteiger partial charge in [-0.2, -0.15) is 13.2 Å². The van der Waals surface area contributed by atoms with E-state index in [0.717, 1.165) is 13.0 Å². The van der Waals surface area contributed by atoms with Crippen molar-refractivity contribution in [3.63, 3.8) is 0 Å². The molecule has 0 aromatic heterocycles. The highest BCUT2D eigenvalue weighted by Gasteiger charge is 2.38. The molecule has 0 amide bonds. The van der Waals surface area contributed by atoms with Gasteiger partial charge in [0.25, 0.3) is 0 Å². The quantitative estimate of drug-likeness (QED) is 0.910. The summed E-state index contributed by atoms with van der Waals surface area (Å²) in [7, 11) is 0. The van der Waals surface area contributed by atoms with E-state index in [9.17, 15) is 13.2 Å². The van der Waals surface area contributed by atoms with Crippen LogP contribution in [0.3, 0.4) is 0 Å². The van der Waals surface area contributed by atoms with Gasteiger partial charge >= 0.3 is 6.18 Å². The summed E-state index contributed by atoms with van der Waals surface area (Å²) in [5.41, 5.74) is -0.226. The smallest absolute Gasteiger partial charge is 0.365 e. The molecule has 1 aliphatic heterocycles. The summed E-state index contributed by atoms with van der Waals surface area (Å²) < 4.78 is 39.8. The summed E-state index contributed by atoms with van der Waals surface area (Å²) in [6, 6.07) is 6.23. The number of alkyl halides is 3. The number of piperazine rings is 1. The van der Waals surface area contributed by atoms with Crippen LogP contribution in [0.15, 0.2) is 24.3 Å². The van der Waals surface area contributed by atoms with E-state index in [4.69, 9.17) is 0 Å². The Morgan fingerprint density at radius 1 is 1.29 bits per heavy atom. The molecule has 2 rings (SSSR count). The fraction of sp³-hybridized carbons (Fsp3) is 0.625. The topological polar surface area (TPSA) is 15.3 Å². The molecule has 2 nitrogen and oxygen atoms in total. The minimum atomic E-state index is -4.31. The molecule has 1 aliphatic rings. The van der Waals surface area contributed by atoms with Gasteiger partial charge in [-0.25, -0.2) is 0 Å². The maximum atomic E-state index is 13.3. The highest BCUT2D eigenvalue weighted by molar-refractivity contribution is 5.56. The molecular weight excluding hydrogens is 277 g/mol. The lowest BCUT2D eigenvalue weighted by Crippen LogP contribution is -2.58. The molecule has 2 atom stereocenters. The predicted molar refractivity (Wildman–Crippen MR) is 79.5 cm³/mol. The summed E-state index contributed by atoms with van der Waals surface area (Å²) >= 11 is 0. The number of nitrogens with one attached hydrogen (secondary N) is 1. The number of nitrogens with zero attached hydrogens (tertiary/aromatic N) is 1. The molecule has 0 aliphatic carbocycles. The summed E-state index contributed by atoms with van der Waals surface area (Å²) in [5, 5.41) is 3.44. The van der Waals surface area contributed by atoms with E-state index >= 15 is 0 Å². The second-order valence-corrected chi connectivity index (χ2v) is 5.99. The number of benzene rings is 1. The molecule has 0 spiro atoms. The monoisotopic (exact) mass is 300 g/mol. The van der Waals surface area contributed by atoms with Crippen LogP contribution in [0.25, 0.3) is 0 Å². The van der Waals surface area contributed by atoms with Crippen molar-refractivity contribution in [3.05, 3.63) is 29.8 Å². The zero-order chi connectivity index (χ0) is 15.6. The van der Waals surface area contributed by atoms with Gasteiger partial charge in [0.2, 0.25) is 0 Å². The van der Waals surface area contributed by atoms with E-state index in [0.29, 0.717) is 12.2 Å². The molecule has 0 saturated carbocycles. The number of anilines is 1. The van der Waals surface area contributed by atoms with Gasteiger partial charge in [-0.15, -0.1) is 0 Å². The zero-order valence-electron chi connectivity index (χ0n) is 12.7. The van der Waals surface area contributed by atoms with Gasteiger partial charge in [-0.05, 0) is 24.5 Å². The Kier molecular flexibility index (Phi) is 4.81. The van der Waals surface area contributed by atoms with Crippen LogP contribution >= 0.6 is 0 Å². The van der Waals surface area contributed by atoms with Crippen LogP contribution < -0.4 is 10.2 Å². The van der Waals surface area contributed by atoms with E-state index in [1.165, 1.54) is 12.1 Å². The second-order valence-electron chi connectivity index (χ2n) is 5.99. The van der Waals surface area contributed by atoms with Gasteiger partial charge in [0.05, 0.1) is 5.56 Å². The second kappa shape index (κ2) is 6.26. The van der Waals surface area contributed by atoms with Crippen LogP contribution in [0, 0.1) is 5.92 Å². The van der Waals surface area contributed by atoms with Gasteiger partial charge in [0.15, 0.2) is 0 Å². The molecule has 1 saturated heterocycles. The molecule has 0 bridgehead atoms. The predicted octanol–water partition coefficient (Wildman–Crippen LogP) is 3.92. The van der Waals surface area contributed by atoms with Crippen LogP contribution in [-0.4, -0.2) is 25.2 Å². The molecule has 2 unspecified atom stereocenters. The summed E-state index contributed by atoms with van der Waals surface area (Å²) in [6.07, 6.45) is -3.40. The van der Waals surface area contributed by atoms with E-state index in [1.54, 1.807) is 12.1 Å². The Morgan fingerprint density at radius 3 is 2.52 bits per heavy atom. The zero-order valence-corrected chi connectivity index (χ0v) is 12.7. The third-order valence-corrected chi connectivity index (χ3v) is 4.21. The molecule has 0 radical (unpaired) electrons. The molecule has 1 heterocycles. The normalized spacial score (nSPS) is 23.7. The third-order valence-electron chi connectivity index (χ3n) is 4.21. The van der Waals surface area contributed by atoms with Crippen molar-refractivity contribution in [2.45, 2.75) is 45.5 Å². The van der Waals surface area contributed by atoms with E-state index < -0.39 is 11.7 Å². The molecule has 21 heavy (non-hydrogen) atoms. The maximum Gasteiger partial charge on any atom is 0.418 e. The summed E-state index contributed by atoms with van der Waals surface area (Å²) in [4.78, 5) is 1.94. The minimum absolute atomic E-state index is 0.0799. The first-order valence-corrected chi connectivity index (χ1v) is 7.50. The van der Waals surface area contributed by atoms with E-state index in [-0.39, 0.29) is 18.0 Å². The van der Waals surface area contributed by atoms with Crippen molar-refractivity contribution < 1.29 is 13.2 Å². The SMILES string of the molecule is CCC1CN(c2ccccc2C(F)(F)F)C(C(C)C)CN1. The standard InChI is InChI=1S/C16H23F3N2/c1-4-12-10-21(15(9-20-12)11(2)3)14-8-6-5-7-13(14)16(17,18)19/h5-8,11-12,15,20H,4,9-10H2,1-3H3.